The fourth-order valence-electron chi connectivity index (χ4n) is 1.12. The first-order valence-corrected chi connectivity index (χ1v) is 6.22. The predicted molar refractivity (Wildman–Crippen MR) is 67.0 cm³/mol. The van der Waals surface area contributed by atoms with E-state index in [0.29, 0.717) is 0 Å². The minimum absolute atomic E-state index is 0.0857. The van der Waals surface area contributed by atoms with Crippen LogP contribution < -0.4 is 5.32 Å². The van der Waals surface area contributed by atoms with Crippen LogP contribution >= 0.6 is 11.8 Å². The topological polar surface area (TPSA) is 66.4 Å². The summed E-state index contributed by atoms with van der Waals surface area (Å²) in [4.78, 5) is 23.1. The maximum Gasteiger partial charge on any atom is 0.328 e. The molecule has 0 fully saturated rings. The van der Waals surface area contributed by atoms with Crippen LogP contribution in [0.25, 0.3) is 0 Å². The summed E-state index contributed by atoms with van der Waals surface area (Å²) in [6, 6.07) is 5.74. The zero-order valence-corrected chi connectivity index (χ0v) is 10.9. The molecule has 1 amide bonds. The Labute approximate surface area is 109 Å². The van der Waals surface area contributed by atoms with Gasteiger partial charge in [0, 0.05) is 4.90 Å². The van der Waals surface area contributed by atoms with Gasteiger partial charge in [-0.3, -0.25) is 4.79 Å². The molecule has 2 N–H and O–H groups in total. The number of carbonyl (C=O) groups excluding carboxylic acids is 1. The summed E-state index contributed by atoms with van der Waals surface area (Å²) >= 11 is 1.22. The van der Waals surface area contributed by atoms with E-state index in [1.54, 1.807) is 12.1 Å². The van der Waals surface area contributed by atoms with Gasteiger partial charge in [-0.1, -0.05) is 0 Å². The van der Waals surface area contributed by atoms with Crippen molar-refractivity contribution in [3.8, 4) is 0 Å². The lowest BCUT2D eigenvalue weighted by Gasteiger charge is -2.20. The average Bonchev–Trinajstić information content (AvgIpc) is 2.27. The summed E-state index contributed by atoms with van der Waals surface area (Å²) in [5.74, 6) is -1.72. The molecule has 0 heterocycles. The molecule has 0 saturated carbocycles. The van der Waals surface area contributed by atoms with E-state index >= 15 is 0 Å². The molecule has 0 bridgehead atoms. The van der Waals surface area contributed by atoms with E-state index in [2.05, 4.69) is 5.32 Å². The van der Waals surface area contributed by atoms with E-state index in [9.17, 15) is 14.0 Å². The average molecular weight is 271 g/mol. The molecule has 0 radical (unpaired) electrons. The first-order chi connectivity index (χ1) is 8.31. The Kier molecular flexibility index (Phi) is 4.72. The van der Waals surface area contributed by atoms with Crippen molar-refractivity contribution < 1.29 is 19.1 Å². The predicted octanol–water partition coefficient (Wildman–Crippen LogP) is 1.90. The molecule has 6 heteroatoms. The molecular weight excluding hydrogens is 257 g/mol. The number of halogens is 1. The number of nitrogens with one attached hydrogen (secondary N) is 1. The number of rotatable bonds is 5. The summed E-state index contributed by atoms with van der Waals surface area (Å²) < 4.78 is 12.6. The Balaban J connectivity index is 2.47. The molecule has 1 rings (SSSR count). The van der Waals surface area contributed by atoms with Gasteiger partial charge in [0.2, 0.25) is 5.91 Å². The SMILES string of the molecule is CC(C)(NC(=O)CSc1ccc(F)cc1)C(=O)O. The molecule has 1 aromatic carbocycles. The lowest BCUT2D eigenvalue weighted by Crippen LogP contribution is -2.50. The fraction of sp³-hybridized carbons (Fsp3) is 0.333. The molecule has 0 unspecified atom stereocenters. The largest absolute Gasteiger partial charge is 0.480 e. The van der Waals surface area contributed by atoms with Crippen molar-refractivity contribution in [3.05, 3.63) is 30.1 Å². The minimum atomic E-state index is -1.29. The Bertz CT molecular complexity index is 445. The van der Waals surface area contributed by atoms with Gasteiger partial charge in [0.15, 0.2) is 0 Å². The van der Waals surface area contributed by atoms with Crippen LogP contribution in [0, 0.1) is 5.82 Å². The molecule has 1 aromatic rings. The fourth-order valence-corrected chi connectivity index (χ4v) is 1.82. The third-order valence-corrected chi connectivity index (χ3v) is 3.18. The first-order valence-electron chi connectivity index (χ1n) is 5.24. The number of aliphatic carboxylic acids is 1. The van der Waals surface area contributed by atoms with E-state index < -0.39 is 11.5 Å². The van der Waals surface area contributed by atoms with E-state index in [1.807, 2.05) is 0 Å². The smallest absolute Gasteiger partial charge is 0.328 e. The molecule has 0 saturated heterocycles. The second-order valence-electron chi connectivity index (χ2n) is 4.22. The monoisotopic (exact) mass is 271 g/mol. The van der Waals surface area contributed by atoms with Crippen molar-refractivity contribution >= 4 is 23.6 Å². The summed E-state index contributed by atoms with van der Waals surface area (Å²) in [5, 5.41) is 11.2. The van der Waals surface area contributed by atoms with Crippen molar-refractivity contribution in [2.45, 2.75) is 24.3 Å². The summed E-state index contributed by atoms with van der Waals surface area (Å²) in [6.07, 6.45) is 0. The van der Waals surface area contributed by atoms with Crippen molar-refractivity contribution in [2.75, 3.05) is 5.75 Å². The van der Waals surface area contributed by atoms with Crippen molar-refractivity contribution in [1.82, 2.24) is 5.32 Å². The van der Waals surface area contributed by atoms with Gasteiger partial charge in [0.25, 0.3) is 0 Å². The molecular formula is C12H14FNO3S. The number of hydrogen-bond acceptors (Lipinski definition) is 3. The van der Waals surface area contributed by atoms with Crippen LogP contribution in [0.2, 0.25) is 0 Å². The van der Waals surface area contributed by atoms with Gasteiger partial charge in [0.05, 0.1) is 5.75 Å². The zero-order valence-electron chi connectivity index (χ0n) is 10.1. The van der Waals surface area contributed by atoms with Gasteiger partial charge < -0.3 is 10.4 Å². The van der Waals surface area contributed by atoms with E-state index in [0.717, 1.165) is 4.90 Å². The maximum absolute atomic E-state index is 12.6. The van der Waals surface area contributed by atoms with Crippen LogP contribution in [0.3, 0.4) is 0 Å². The Morgan fingerprint density at radius 2 is 1.89 bits per heavy atom. The zero-order chi connectivity index (χ0) is 13.8. The highest BCUT2D eigenvalue weighted by atomic mass is 32.2. The van der Waals surface area contributed by atoms with E-state index in [-0.39, 0.29) is 17.5 Å². The highest BCUT2D eigenvalue weighted by Gasteiger charge is 2.28. The van der Waals surface area contributed by atoms with E-state index in [4.69, 9.17) is 5.11 Å². The van der Waals surface area contributed by atoms with Crippen LogP contribution in [0.4, 0.5) is 4.39 Å². The quantitative estimate of drug-likeness (QED) is 0.803. The Morgan fingerprint density at radius 3 is 2.39 bits per heavy atom. The molecule has 0 aliphatic carbocycles. The number of hydrogen-bond donors (Lipinski definition) is 2. The molecule has 0 spiro atoms. The third-order valence-electron chi connectivity index (χ3n) is 2.17. The standard InChI is InChI=1S/C12H14FNO3S/c1-12(2,11(16)17)14-10(15)7-18-9-5-3-8(13)4-6-9/h3-6H,7H2,1-2H3,(H,14,15)(H,16,17). The van der Waals surface area contributed by atoms with Crippen LogP contribution in [0.1, 0.15) is 13.8 Å². The molecule has 0 aliphatic rings. The summed E-state index contributed by atoms with van der Waals surface area (Å²) in [7, 11) is 0. The first kappa shape index (κ1) is 14.5. The molecule has 98 valence electrons. The molecule has 4 nitrogen and oxygen atoms in total. The van der Waals surface area contributed by atoms with Gasteiger partial charge in [0.1, 0.15) is 11.4 Å². The lowest BCUT2D eigenvalue weighted by molar-refractivity contribution is -0.145. The van der Waals surface area contributed by atoms with Crippen molar-refractivity contribution in [3.63, 3.8) is 0 Å². The number of amides is 1. The van der Waals surface area contributed by atoms with Crippen LogP contribution in [0.5, 0.6) is 0 Å². The maximum atomic E-state index is 12.6. The van der Waals surface area contributed by atoms with Gasteiger partial charge in [-0.05, 0) is 38.1 Å². The second-order valence-corrected chi connectivity index (χ2v) is 5.27. The Hall–Kier alpha value is -1.56. The highest BCUT2D eigenvalue weighted by molar-refractivity contribution is 8.00. The minimum Gasteiger partial charge on any atom is -0.480 e. The lowest BCUT2D eigenvalue weighted by atomic mass is 10.1. The normalized spacial score (nSPS) is 11.1. The number of benzene rings is 1. The van der Waals surface area contributed by atoms with Gasteiger partial charge in [-0.2, -0.15) is 0 Å². The molecule has 0 aliphatic heterocycles. The number of carbonyl (C=O) groups is 2. The number of carboxylic acid groups (broad SMARTS) is 1. The van der Waals surface area contributed by atoms with Crippen LogP contribution in [-0.4, -0.2) is 28.3 Å². The van der Waals surface area contributed by atoms with Gasteiger partial charge in [-0.25, -0.2) is 9.18 Å². The van der Waals surface area contributed by atoms with Gasteiger partial charge >= 0.3 is 5.97 Å². The van der Waals surface area contributed by atoms with Gasteiger partial charge in [-0.15, -0.1) is 11.8 Å². The molecule has 0 aromatic heterocycles. The Morgan fingerprint density at radius 1 is 1.33 bits per heavy atom. The number of thioether (sulfide) groups is 1. The number of carboxylic acids is 1. The summed E-state index contributed by atoms with van der Waals surface area (Å²) in [6.45, 7) is 2.82. The van der Waals surface area contributed by atoms with Crippen molar-refractivity contribution in [1.29, 1.82) is 0 Å². The molecule has 0 atom stereocenters. The molecule has 18 heavy (non-hydrogen) atoms. The highest BCUT2D eigenvalue weighted by Crippen LogP contribution is 2.18. The van der Waals surface area contributed by atoms with Crippen molar-refractivity contribution in [2.24, 2.45) is 0 Å². The van der Waals surface area contributed by atoms with Crippen LogP contribution in [0.15, 0.2) is 29.2 Å². The summed E-state index contributed by atoms with van der Waals surface area (Å²) in [5.41, 5.74) is -1.29. The van der Waals surface area contributed by atoms with Crippen LogP contribution in [-0.2, 0) is 9.59 Å². The third kappa shape index (κ3) is 4.37. The second kappa shape index (κ2) is 5.86. The van der Waals surface area contributed by atoms with E-state index in [1.165, 1.54) is 37.7 Å².